The number of nitrogens with zero attached hydrogens (tertiary/aromatic N) is 4. The van der Waals surface area contributed by atoms with Crippen molar-refractivity contribution in [2.75, 3.05) is 32.7 Å². The molecular weight excluding hydrogens is 491 g/mol. The quantitative estimate of drug-likeness (QED) is 0.477. The van der Waals surface area contributed by atoms with Crippen molar-refractivity contribution in [2.45, 2.75) is 37.9 Å². The lowest BCUT2D eigenvalue weighted by molar-refractivity contribution is -0.198. The van der Waals surface area contributed by atoms with Gasteiger partial charge in [-0.15, -0.1) is 0 Å². The minimum Gasteiger partial charge on any atom is -0.334 e. The van der Waals surface area contributed by atoms with Gasteiger partial charge >= 0.3 is 17.8 Å². The van der Waals surface area contributed by atoms with Crippen molar-refractivity contribution < 1.29 is 27.6 Å². The second-order valence-corrected chi connectivity index (χ2v) is 10.1. The summed E-state index contributed by atoms with van der Waals surface area (Å²) in [6.45, 7) is 2.10. The maximum atomic E-state index is 13.0. The van der Waals surface area contributed by atoms with E-state index in [0.29, 0.717) is 49.1 Å². The number of imide groups is 1. The Balaban J connectivity index is 1.26. The van der Waals surface area contributed by atoms with E-state index in [2.05, 4.69) is 22.1 Å². The lowest BCUT2D eigenvalue weighted by atomic mass is 9.72. The Kier molecular flexibility index (Phi) is 6.14. The van der Waals surface area contributed by atoms with E-state index in [1.165, 1.54) is 9.13 Å². The van der Waals surface area contributed by atoms with E-state index in [-0.39, 0.29) is 42.9 Å². The van der Waals surface area contributed by atoms with Crippen molar-refractivity contribution in [1.82, 2.24) is 24.3 Å². The summed E-state index contributed by atoms with van der Waals surface area (Å²) in [5.41, 5.74) is 1.20. The molecule has 3 aliphatic rings. The molecule has 1 aromatic heterocycles. The fourth-order valence-electron chi connectivity index (χ4n) is 5.60. The molecule has 1 aromatic carbocycles. The van der Waals surface area contributed by atoms with E-state index in [1.54, 1.807) is 25.2 Å². The molecule has 5 rings (SSSR count). The van der Waals surface area contributed by atoms with Crippen LogP contribution in [0.1, 0.15) is 37.3 Å². The lowest BCUT2D eigenvalue weighted by Crippen LogP contribution is -2.63. The Hall–Kier alpha value is -3.59. The van der Waals surface area contributed by atoms with Gasteiger partial charge in [-0.25, -0.2) is 4.79 Å². The molecule has 3 saturated heterocycles. The van der Waals surface area contributed by atoms with Crippen LogP contribution in [-0.2, 0) is 21.4 Å². The van der Waals surface area contributed by atoms with Crippen molar-refractivity contribution in [1.29, 1.82) is 0 Å². The van der Waals surface area contributed by atoms with Crippen LogP contribution in [0.25, 0.3) is 11.0 Å². The number of carbonyl (C=O) groups excluding carboxylic acids is 3. The molecule has 0 saturated carbocycles. The van der Waals surface area contributed by atoms with Gasteiger partial charge in [0.15, 0.2) is 0 Å². The highest BCUT2D eigenvalue weighted by molar-refractivity contribution is 6.00. The van der Waals surface area contributed by atoms with E-state index < -0.39 is 24.0 Å². The topological polar surface area (TPSA) is 96.6 Å². The first-order chi connectivity index (χ1) is 17.5. The van der Waals surface area contributed by atoms with Crippen LogP contribution in [0.3, 0.4) is 0 Å². The molecule has 2 aromatic rings. The highest BCUT2D eigenvalue weighted by Crippen LogP contribution is 2.41. The largest absolute Gasteiger partial charge is 0.471 e. The Morgan fingerprint density at radius 2 is 1.86 bits per heavy atom. The zero-order valence-corrected chi connectivity index (χ0v) is 20.2. The minimum atomic E-state index is -4.83. The predicted molar refractivity (Wildman–Crippen MR) is 126 cm³/mol. The fraction of sp³-hybridized carbons (Fsp3) is 0.520. The van der Waals surface area contributed by atoms with Gasteiger partial charge in [-0.05, 0) is 44.5 Å². The van der Waals surface area contributed by atoms with Gasteiger partial charge in [-0.1, -0.05) is 17.9 Å². The van der Waals surface area contributed by atoms with Crippen molar-refractivity contribution in [3.05, 3.63) is 34.2 Å². The molecule has 9 nitrogen and oxygen atoms in total. The number of aryl methyl sites for hydroxylation is 1. The Morgan fingerprint density at radius 3 is 2.51 bits per heavy atom. The van der Waals surface area contributed by atoms with E-state index in [1.807, 2.05) is 0 Å². The van der Waals surface area contributed by atoms with Crippen LogP contribution < -0.4 is 11.0 Å². The maximum absolute atomic E-state index is 13.0. The smallest absolute Gasteiger partial charge is 0.334 e. The number of carbonyl (C=O) groups is 3. The van der Waals surface area contributed by atoms with Crippen LogP contribution in [0, 0.1) is 17.3 Å². The van der Waals surface area contributed by atoms with E-state index in [9.17, 15) is 32.3 Å². The summed E-state index contributed by atoms with van der Waals surface area (Å²) < 4.78 is 40.7. The van der Waals surface area contributed by atoms with Gasteiger partial charge in [0, 0.05) is 32.0 Å². The molecule has 196 valence electrons. The monoisotopic (exact) mass is 517 g/mol. The van der Waals surface area contributed by atoms with Gasteiger partial charge in [0.2, 0.25) is 11.8 Å². The van der Waals surface area contributed by atoms with Crippen LogP contribution in [0.15, 0.2) is 23.0 Å². The predicted octanol–water partition coefficient (Wildman–Crippen LogP) is 1.16. The molecule has 1 N–H and O–H groups in total. The highest BCUT2D eigenvalue weighted by Gasteiger charge is 2.53. The van der Waals surface area contributed by atoms with Gasteiger partial charge in [0.05, 0.1) is 23.1 Å². The molecule has 3 fully saturated rings. The zero-order chi connectivity index (χ0) is 26.5. The molecule has 0 radical (unpaired) electrons. The van der Waals surface area contributed by atoms with Crippen molar-refractivity contribution in [2.24, 2.45) is 12.5 Å². The number of imidazole rings is 1. The third-order valence-corrected chi connectivity index (χ3v) is 7.65. The van der Waals surface area contributed by atoms with Crippen molar-refractivity contribution in [3.8, 4) is 11.8 Å². The molecule has 0 bridgehead atoms. The number of hydrogen-bond donors (Lipinski definition) is 1. The second kappa shape index (κ2) is 9.06. The number of aromatic nitrogens is 2. The molecule has 3 amide bonds. The van der Waals surface area contributed by atoms with Crippen LogP contribution in [0.2, 0.25) is 0 Å². The Bertz CT molecular complexity index is 1400. The number of benzene rings is 1. The number of para-hydroxylation sites is 1. The van der Waals surface area contributed by atoms with Crippen molar-refractivity contribution >= 4 is 28.8 Å². The van der Waals surface area contributed by atoms with E-state index in [0.717, 1.165) is 4.90 Å². The first-order valence-corrected chi connectivity index (χ1v) is 12.1. The average Bonchev–Trinajstić information content (AvgIpc) is 3.08. The average molecular weight is 518 g/mol. The third-order valence-electron chi connectivity index (χ3n) is 7.65. The maximum Gasteiger partial charge on any atom is 0.471 e. The minimum absolute atomic E-state index is 0.144. The van der Waals surface area contributed by atoms with E-state index >= 15 is 0 Å². The molecular formula is C25H26F3N5O4. The summed E-state index contributed by atoms with van der Waals surface area (Å²) >= 11 is 0. The molecule has 4 heterocycles. The summed E-state index contributed by atoms with van der Waals surface area (Å²) in [6, 6.07) is 4.55. The Morgan fingerprint density at radius 1 is 1.16 bits per heavy atom. The number of piperidine rings is 2. The molecule has 12 heteroatoms. The van der Waals surface area contributed by atoms with Crippen LogP contribution >= 0.6 is 0 Å². The number of rotatable bonds is 2. The SMILES string of the molecule is Cn1c(=O)n(C2CCC(=O)NC2=O)c2cccc(C#CCN3CCC4(CC3)CN(C(=O)C(F)(F)F)C4)c21. The molecule has 0 aliphatic carbocycles. The normalized spacial score (nSPS) is 21.9. The standard InChI is InChI=1S/C25H26F3N5O4/c1-30-20-16(4-2-6-17(20)33(23(30)37)18-7-8-19(34)29-21(18)35)5-3-11-31-12-9-24(10-13-31)14-32(15-24)22(36)25(26,27)28/h2,4,6,18H,7-15H2,1H3,(H,29,34,35). The summed E-state index contributed by atoms with van der Waals surface area (Å²) in [4.78, 5) is 51.4. The number of likely N-dealkylation sites (tertiary alicyclic amines) is 2. The number of fused-ring (bicyclic) bond motifs is 1. The summed E-state index contributed by atoms with van der Waals surface area (Å²) in [7, 11) is 1.62. The number of halogens is 3. The summed E-state index contributed by atoms with van der Waals surface area (Å²) in [5, 5.41) is 2.29. The van der Waals surface area contributed by atoms with Gasteiger partial charge in [-0.3, -0.25) is 33.7 Å². The summed E-state index contributed by atoms with van der Waals surface area (Å²) in [6.07, 6.45) is -3.01. The van der Waals surface area contributed by atoms with Crippen LogP contribution in [0.5, 0.6) is 0 Å². The highest BCUT2D eigenvalue weighted by atomic mass is 19.4. The van der Waals surface area contributed by atoms with Gasteiger partial charge < -0.3 is 4.90 Å². The number of alkyl halides is 3. The van der Waals surface area contributed by atoms with Gasteiger partial charge in [0.1, 0.15) is 6.04 Å². The van der Waals surface area contributed by atoms with Gasteiger partial charge in [-0.2, -0.15) is 13.2 Å². The number of amides is 3. The van der Waals surface area contributed by atoms with Crippen LogP contribution in [0.4, 0.5) is 13.2 Å². The third kappa shape index (κ3) is 4.52. The molecule has 1 atom stereocenters. The lowest BCUT2D eigenvalue weighted by Gasteiger charge is -2.53. The molecule has 1 unspecified atom stereocenters. The second-order valence-electron chi connectivity index (χ2n) is 10.1. The van der Waals surface area contributed by atoms with Crippen molar-refractivity contribution in [3.63, 3.8) is 0 Å². The first kappa shape index (κ1) is 25.1. The number of hydrogen-bond acceptors (Lipinski definition) is 5. The number of nitrogens with one attached hydrogen (secondary N) is 1. The molecule has 37 heavy (non-hydrogen) atoms. The zero-order valence-electron chi connectivity index (χ0n) is 20.2. The summed E-state index contributed by atoms with van der Waals surface area (Å²) in [5.74, 6) is 3.65. The van der Waals surface area contributed by atoms with Gasteiger partial charge in [0.25, 0.3) is 0 Å². The Labute approximate surface area is 210 Å². The fourth-order valence-corrected chi connectivity index (χ4v) is 5.60. The first-order valence-electron chi connectivity index (χ1n) is 12.1. The molecule has 1 spiro atoms. The van der Waals surface area contributed by atoms with Crippen LogP contribution in [-0.4, -0.2) is 75.6 Å². The molecule has 3 aliphatic heterocycles. The van der Waals surface area contributed by atoms with E-state index in [4.69, 9.17) is 0 Å².